The summed E-state index contributed by atoms with van der Waals surface area (Å²) < 4.78 is 23.9. The molecule has 1 aliphatic rings. The van der Waals surface area contributed by atoms with E-state index in [-0.39, 0.29) is 22.9 Å². The highest BCUT2D eigenvalue weighted by atomic mass is 19.1. The number of carbonyl (C=O) groups excluding carboxylic acids is 1. The van der Waals surface area contributed by atoms with Crippen molar-refractivity contribution in [3.05, 3.63) is 35.3 Å². The number of benzene rings is 1. The van der Waals surface area contributed by atoms with E-state index in [1.807, 2.05) is 0 Å². The lowest BCUT2D eigenvalue weighted by molar-refractivity contribution is -0.0978. The average molecular weight is 277 g/mol. The molecule has 2 aromatic rings. The summed E-state index contributed by atoms with van der Waals surface area (Å²) in [6, 6.07) is 4.24. The predicted octanol–water partition coefficient (Wildman–Crippen LogP) is 2.65. The van der Waals surface area contributed by atoms with Gasteiger partial charge in [-0.3, -0.25) is 4.79 Å². The van der Waals surface area contributed by atoms with E-state index in [9.17, 15) is 9.18 Å². The molecule has 1 aromatic carbocycles. The molecule has 20 heavy (non-hydrogen) atoms. The molecule has 1 N–H and O–H groups in total. The van der Waals surface area contributed by atoms with Crippen molar-refractivity contribution in [3.63, 3.8) is 0 Å². The minimum Gasteiger partial charge on any atom is -0.451 e. The van der Waals surface area contributed by atoms with Crippen molar-refractivity contribution in [1.82, 2.24) is 5.32 Å². The second-order valence-corrected chi connectivity index (χ2v) is 5.68. The van der Waals surface area contributed by atoms with E-state index in [0.717, 1.165) is 0 Å². The smallest absolute Gasteiger partial charge is 0.287 e. The molecule has 0 unspecified atom stereocenters. The molecule has 4 nitrogen and oxygen atoms in total. The van der Waals surface area contributed by atoms with Gasteiger partial charge in [-0.05, 0) is 25.1 Å². The first kappa shape index (κ1) is 13.1. The topological polar surface area (TPSA) is 51.5 Å². The number of nitrogens with one attached hydrogen (secondary N) is 1. The zero-order valence-corrected chi connectivity index (χ0v) is 11.5. The molecule has 2 heterocycles. The molecule has 1 aliphatic heterocycles. The molecule has 1 saturated heterocycles. The number of furan rings is 1. The maximum Gasteiger partial charge on any atom is 0.287 e. The van der Waals surface area contributed by atoms with Gasteiger partial charge in [-0.1, -0.05) is 6.92 Å². The van der Waals surface area contributed by atoms with E-state index in [0.29, 0.717) is 36.3 Å². The molecule has 0 bridgehead atoms. The van der Waals surface area contributed by atoms with Crippen molar-refractivity contribution in [1.29, 1.82) is 0 Å². The van der Waals surface area contributed by atoms with Crippen LogP contribution in [0.3, 0.4) is 0 Å². The summed E-state index contributed by atoms with van der Waals surface area (Å²) in [4.78, 5) is 12.2. The molecular weight excluding hydrogens is 261 g/mol. The third kappa shape index (κ3) is 2.18. The van der Waals surface area contributed by atoms with Crippen molar-refractivity contribution in [3.8, 4) is 0 Å². The van der Waals surface area contributed by atoms with Crippen LogP contribution >= 0.6 is 0 Å². The minimum absolute atomic E-state index is 0.00167. The number of ether oxygens (including phenoxy) is 1. The summed E-state index contributed by atoms with van der Waals surface area (Å²) >= 11 is 0. The van der Waals surface area contributed by atoms with Crippen molar-refractivity contribution >= 4 is 16.9 Å². The van der Waals surface area contributed by atoms with E-state index in [1.54, 1.807) is 6.92 Å². The fourth-order valence-corrected chi connectivity index (χ4v) is 2.34. The molecule has 0 aliphatic carbocycles. The number of rotatable bonds is 3. The monoisotopic (exact) mass is 277 g/mol. The van der Waals surface area contributed by atoms with Gasteiger partial charge < -0.3 is 14.5 Å². The number of aryl methyl sites for hydroxylation is 1. The van der Waals surface area contributed by atoms with Crippen molar-refractivity contribution < 1.29 is 18.3 Å². The van der Waals surface area contributed by atoms with E-state index in [4.69, 9.17) is 9.15 Å². The Morgan fingerprint density at radius 1 is 1.45 bits per heavy atom. The number of fused-ring (bicyclic) bond motifs is 1. The molecule has 0 saturated carbocycles. The zero-order chi connectivity index (χ0) is 14.3. The SMILES string of the molecule is Cc1c(C(=O)NCC2(C)COC2)oc2ccc(F)cc12. The van der Waals surface area contributed by atoms with Gasteiger partial charge in [0, 0.05) is 22.9 Å². The highest BCUT2D eigenvalue weighted by molar-refractivity contribution is 5.98. The van der Waals surface area contributed by atoms with Crippen LogP contribution < -0.4 is 5.32 Å². The summed E-state index contributed by atoms with van der Waals surface area (Å²) in [6.45, 7) is 5.65. The summed E-state index contributed by atoms with van der Waals surface area (Å²) in [5.41, 5.74) is 1.18. The predicted molar refractivity (Wildman–Crippen MR) is 72.2 cm³/mol. The van der Waals surface area contributed by atoms with Crippen molar-refractivity contribution in [2.24, 2.45) is 5.41 Å². The molecule has 1 aromatic heterocycles. The molecule has 0 spiro atoms. The van der Waals surface area contributed by atoms with E-state index >= 15 is 0 Å². The second-order valence-electron chi connectivity index (χ2n) is 5.68. The van der Waals surface area contributed by atoms with Gasteiger partial charge in [0.15, 0.2) is 5.76 Å². The van der Waals surface area contributed by atoms with Crippen LogP contribution in [-0.4, -0.2) is 25.7 Å². The highest BCUT2D eigenvalue weighted by Crippen LogP contribution is 2.27. The Labute approximate surface area is 115 Å². The minimum atomic E-state index is -0.340. The molecule has 0 radical (unpaired) electrons. The van der Waals surface area contributed by atoms with Gasteiger partial charge in [0.1, 0.15) is 11.4 Å². The Hall–Kier alpha value is -1.88. The quantitative estimate of drug-likeness (QED) is 0.938. The van der Waals surface area contributed by atoms with Gasteiger partial charge in [-0.2, -0.15) is 0 Å². The molecule has 1 fully saturated rings. The number of carbonyl (C=O) groups is 1. The normalized spacial score (nSPS) is 16.9. The van der Waals surface area contributed by atoms with E-state index < -0.39 is 0 Å². The Kier molecular flexibility index (Phi) is 3.01. The fraction of sp³-hybridized carbons (Fsp3) is 0.400. The third-order valence-electron chi connectivity index (χ3n) is 3.68. The lowest BCUT2D eigenvalue weighted by Gasteiger charge is -2.37. The fourth-order valence-electron chi connectivity index (χ4n) is 2.34. The second kappa shape index (κ2) is 4.59. The van der Waals surface area contributed by atoms with E-state index in [2.05, 4.69) is 12.2 Å². The van der Waals surface area contributed by atoms with Crippen LogP contribution in [0.25, 0.3) is 11.0 Å². The molecule has 0 atom stereocenters. The average Bonchev–Trinajstić information content (AvgIpc) is 2.71. The lowest BCUT2D eigenvalue weighted by Crippen LogP contribution is -2.48. The van der Waals surface area contributed by atoms with Gasteiger partial charge in [-0.15, -0.1) is 0 Å². The van der Waals surface area contributed by atoms with Crippen LogP contribution in [0.4, 0.5) is 4.39 Å². The zero-order valence-electron chi connectivity index (χ0n) is 11.5. The van der Waals surface area contributed by atoms with Crippen LogP contribution in [0.5, 0.6) is 0 Å². The molecule has 1 amide bonds. The molecule has 3 rings (SSSR count). The van der Waals surface area contributed by atoms with Gasteiger partial charge in [0.25, 0.3) is 5.91 Å². The third-order valence-corrected chi connectivity index (χ3v) is 3.68. The summed E-state index contributed by atoms with van der Waals surface area (Å²) in [6.07, 6.45) is 0. The first-order chi connectivity index (χ1) is 9.48. The van der Waals surface area contributed by atoms with E-state index in [1.165, 1.54) is 18.2 Å². The van der Waals surface area contributed by atoms with Crippen LogP contribution in [0, 0.1) is 18.2 Å². The van der Waals surface area contributed by atoms with Crippen molar-refractivity contribution in [2.45, 2.75) is 13.8 Å². The highest BCUT2D eigenvalue weighted by Gasteiger charge is 2.34. The van der Waals surface area contributed by atoms with Crippen LogP contribution in [0.15, 0.2) is 22.6 Å². The summed E-state index contributed by atoms with van der Waals surface area (Å²) in [5.74, 6) is -0.367. The summed E-state index contributed by atoms with van der Waals surface area (Å²) in [5, 5.41) is 3.48. The van der Waals surface area contributed by atoms with Crippen LogP contribution in [-0.2, 0) is 4.74 Å². The Morgan fingerprint density at radius 3 is 2.85 bits per heavy atom. The first-order valence-electron chi connectivity index (χ1n) is 6.53. The van der Waals surface area contributed by atoms with Crippen LogP contribution in [0.1, 0.15) is 23.0 Å². The Balaban J connectivity index is 1.82. The molecule has 106 valence electrons. The van der Waals surface area contributed by atoms with Gasteiger partial charge in [-0.25, -0.2) is 4.39 Å². The van der Waals surface area contributed by atoms with Crippen molar-refractivity contribution in [2.75, 3.05) is 19.8 Å². The summed E-state index contributed by atoms with van der Waals surface area (Å²) in [7, 11) is 0. The van der Waals surface area contributed by atoms with Crippen LogP contribution in [0.2, 0.25) is 0 Å². The number of hydrogen-bond acceptors (Lipinski definition) is 3. The van der Waals surface area contributed by atoms with Gasteiger partial charge >= 0.3 is 0 Å². The molecular formula is C15H16FNO3. The number of hydrogen-bond donors (Lipinski definition) is 1. The molecule has 5 heteroatoms. The maximum absolute atomic E-state index is 13.2. The van der Waals surface area contributed by atoms with Gasteiger partial charge in [0.05, 0.1) is 13.2 Å². The first-order valence-corrected chi connectivity index (χ1v) is 6.53. The van der Waals surface area contributed by atoms with Gasteiger partial charge in [0.2, 0.25) is 0 Å². The lowest BCUT2D eigenvalue weighted by atomic mass is 9.89. The Bertz CT molecular complexity index is 673. The Morgan fingerprint density at radius 2 is 2.20 bits per heavy atom. The maximum atomic E-state index is 13.2. The number of amides is 1. The standard InChI is InChI=1S/C15H16FNO3/c1-9-11-5-10(16)3-4-12(11)20-13(9)14(18)17-6-15(2)7-19-8-15/h3-5H,6-8H2,1-2H3,(H,17,18). The largest absolute Gasteiger partial charge is 0.451 e. The number of halogens is 1.